The van der Waals surface area contributed by atoms with E-state index in [1.165, 1.54) is 0 Å². The Kier molecular flexibility index (Phi) is 9.33. The molecule has 0 fully saturated rings. The summed E-state index contributed by atoms with van der Waals surface area (Å²) in [4.78, 5) is 35.5. The Morgan fingerprint density at radius 3 is 1.93 bits per heavy atom. The van der Waals surface area contributed by atoms with Crippen molar-refractivity contribution in [1.82, 2.24) is 0 Å². The van der Waals surface area contributed by atoms with Crippen LogP contribution in [0.25, 0.3) is 0 Å². The monoisotopic (exact) mass is 378 g/mol. The number of carboxylic acid groups (broad SMARTS) is 1. The third-order valence-corrected chi connectivity index (χ3v) is 4.57. The number of amides is 2. The molecule has 7 nitrogen and oxygen atoms in total. The maximum atomic E-state index is 12.4. The SMILES string of the molecule is CCC(CC)C(=O)Nc1ccc(OCC(=O)O)c(NC(=O)C(CC)CC)c1. The molecule has 2 amide bonds. The Balaban J connectivity index is 3.07. The van der Waals surface area contributed by atoms with Crippen LogP contribution in [-0.2, 0) is 14.4 Å². The fraction of sp³-hybridized carbons (Fsp3) is 0.550. The number of carbonyl (C=O) groups excluding carboxylic acids is 2. The second kappa shape index (κ2) is 11.2. The Labute approximate surface area is 160 Å². The van der Waals surface area contributed by atoms with E-state index in [1.54, 1.807) is 18.2 Å². The highest BCUT2D eigenvalue weighted by Gasteiger charge is 2.19. The number of carbonyl (C=O) groups is 3. The Morgan fingerprint density at radius 1 is 0.926 bits per heavy atom. The molecule has 0 saturated carbocycles. The lowest BCUT2D eigenvalue weighted by Crippen LogP contribution is -2.23. The Hall–Kier alpha value is -2.57. The van der Waals surface area contributed by atoms with Crippen LogP contribution in [0.5, 0.6) is 5.75 Å². The van der Waals surface area contributed by atoms with Gasteiger partial charge >= 0.3 is 5.97 Å². The first-order chi connectivity index (χ1) is 12.9. The van der Waals surface area contributed by atoms with E-state index in [4.69, 9.17) is 9.84 Å². The molecule has 0 unspecified atom stereocenters. The average Bonchev–Trinajstić information content (AvgIpc) is 2.63. The topological polar surface area (TPSA) is 105 Å². The lowest BCUT2D eigenvalue weighted by Gasteiger charge is -2.18. The van der Waals surface area contributed by atoms with Gasteiger partial charge in [0.05, 0.1) is 5.69 Å². The van der Waals surface area contributed by atoms with Crippen molar-refractivity contribution in [3.63, 3.8) is 0 Å². The number of rotatable bonds is 11. The molecule has 0 saturated heterocycles. The van der Waals surface area contributed by atoms with Crippen LogP contribution in [0.1, 0.15) is 53.4 Å². The van der Waals surface area contributed by atoms with Crippen LogP contribution in [0.2, 0.25) is 0 Å². The lowest BCUT2D eigenvalue weighted by molar-refractivity contribution is -0.139. The van der Waals surface area contributed by atoms with Crippen molar-refractivity contribution in [2.75, 3.05) is 17.2 Å². The summed E-state index contributed by atoms with van der Waals surface area (Å²) in [5, 5.41) is 14.5. The number of anilines is 2. The van der Waals surface area contributed by atoms with Crippen molar-refractivity contribution in [3.8, 4) is 5.75 Å². The molecule has 7 heteroatoms. The quantitative estimate of drug-likeness (QED) is 0.542. The van der Waals surface area contributed by atoms with E-state index in [0.717, 1.165) is 12.8 Å². The summed E-state index contributed by atoms with van der Waals surface area (Å²) < 4.78 is 5.27. The largest absolute Gasteiger partial charge is 0.480 e. The summed E-state index contributed by atoms with van der Waals surface area (Å²) >= 11 is 0. The summed E-state index contributed by atoms with van der Waals surface area (Å²) in [5.41, 5.74) is 0.866. The summed E-state index contributed by atoms with van der Waals surface area (Å²) in [6.07, 6.45) is 2.86. The maximum Gasteiger partial charge on any atom is 0.341 e. The first-order valence-electron chi connectivity index (χ1n) is 9.46. The number of hydrogen-bond acceptors (Lipinski definition) is 4. The van der Waals surface area contributed by atoms with Gasteiger partial charge in [-0.2, -0.15) is 0 Å². The predicted octanol–water partition coefficient (Wildman–Crippen LogP) is 3.90. The summed E-state index contributed by atoms with van der Waals surface area (Å²) in [6.45, 7) is 7.26. The first-order valence-corrected chi connectivity index (χ1v) is 9.46. The van der Waals surface area contributed by atoms with Gasteiger partial charge in [0.15, 0.2) is 6.61 Å². The van der Waals surface area contributed by atoms with Gasteiger partial charge in [0.2, 0.25) is 11.8 Å². The molecule has 0 aromatic heterocycles. The molecule has 0 aliphatic heterocycles. The zero-order valence-electron chi connectivity index (χ0n) is 16.5. The number of nitrogens with one attached hydrogen (secondary N) is 2. The Bertz CT molecular complexity index is 652. The third-order valence-electron chi connectivity index (χ3n) is 4.57. The Morgan fingerprint density at radius 2 is 1.44 bits per heavy atom. The van der Waals surface area contributed by atoms with Gasteiger partial charge in [0.25, 0.3) is 0 Å². The smallest absolute Gasteiger partial charge is 0.341 e. The fourth-order valence-electron chi connectivity index (χ4n) is 2.77. The summed E-state index contributed by atoms with van der Waals surface area (Å²) in [6, 6.07) is 4.77. The van der Waals surface area contributed by atoms with Crippen molar-refractivity contribution in [1.29, 1.82) is 0 Å². The number of benzene rings is 1. The molecule has 0 aliphatic carbocycles. The van der Waals surface area contributed by atoms with Crippen LogP contribution in [0.15, 0.2) is 18.2 Å². The van der Waals surface area contributed by atoms with E-state index >= 15 is 0 Å². The molecular formula is C20H30N2O5. The van der Waals surface area contributed by atoms with Gasteiger partial charge in [-0.15, -0.1) is 0 Å². The van der Waals surface area contributed by atoms with E-state index in [1.807, 2.05) is 27.7 Å². The minimum Gasteiger partial charge on any atom is -0.480 e. The number of aliphatic carboxylic acids is 1. The van der Waals surface area contributed by atoms with Crippen LogP contribution in [0.3, 0.4) is 0 Å². The molecule has 1 aromatic rings. The number of ether oxygens (including phenoxy) is 1. The van der Waals surface area contributed by atoms with E-state index in [0.29, 0.717) is 24.2 Å². The number of hydrogen-bond donors (Lipinski definition) is 3. The van der Waals surface area contributed by atoms with Gasteiger partial charge < -0.3 is 20.5 Å². The van der Waals surface area contributed by atoms with Crippen molar-refractivity contribution in [2.45, 2.75) is 53.4 Å². The van der Waals surface area contributed by atoms with Crippen molar-refractivity contribution in [3.05, 3.63) is 18.2 Å². The molecule has 3 N–H and O–H groups in total. The second-order valence-electron chi connectivity index (χ2n) is 6.40. The highest BCUT2D eigenvalue weighted by molar-refractivity contribution is 5.97. The van der Waals surface area contributed by atoms with E-state index in [9.17, 15) is 14.4 Å². The zero-order chi connectivity index (χ0) is 20.4. The van der Waals surface area contributed by atoms with Crippen LogP contribution >= 0.6 is 0 Å². The minimum atomic E-state index is -1.11. The van der Waals surface area contributed by atoms with Crippen molar-refractivity contribution >= 4 is 29.2 Å². The van der Waals surface area contributed by atoms with Gasteiger partial charge in [-0.05, 0) is 43.9 Å². The molecule has 1 aromatic carbocycles. The predicted molar refractivity (Wildman–Crippen MR) is 105 cm³/mol. The molecule has 0 radical (unpaired) electrons. The normalized spacial score (nSPS) is 10.7. The van der Waals surface area contributed by atoms with Gasteiger partial charge in [-0.25, -0.2) is 4.79 Å². The highest BCUT2D eigenvalue weighted by Crippen LogP contribution is 2.29. The third kappa shape index (κ3) is 6.92. The zero-order valence-corrected chi connectivity index (χ0v) is 16.5. The van der Waals surface area contributed by atoms with E-state index in [2.05, 4.69) is 10.6 Å². The maximum absolute atomic E-state index is 12.4. The van der Waals surface area contributed by atoms with Crippen LogP contribution in [0.4, 0.5) is 11.4 Å². The highest BCUT2D eigenvalue weighted by atomic mass is 16.5. The molecule has 27 heavy (non-hydrogen) atoms. The van der Waals surface area contributed by atoms with Crippen LogP contribution < -0.4 is 15.4 Å². The molecule has 1 rings (SSSR count). The summed E-state index contributed by atoms with van der Waals surface area (Å²) in [7, 11) is 0. The first kappa shape index (κ1) is 22.5. The van der Waals surface area contributed by atoms with Gasteiger partial charge in [0, 0.05) is 17.5 Å². The molecule has 0 bridgehead atoms. The summed E-state index contributed by atoms with van der Waals surface area (Å²) in [5.74, 6) is -1.36. The fourth-order valence-corrected chi connectivity index (χ4v) is 2.77. The van der Waals surface area contributed by atoms with Gasteiger partial charge in [-0.1, -0.05) is 27.7 Å². The number of carboxylic acids is 1. The molecule has 150 valence electrons. The van der Waals surface area contributed by atoms with E-state index < -0.39 is 12.6 Å². The second-order valence-corrected chi connectivity index (χ2v) is 6.40. The molecule has 0 spiro atoms. The van der Waals surface area contributed by atoms with Crippen molar-refractivity contribution < 1.29 is 24.2 Å². The molecule has 0 aliphatic rings. The molecular weight excluding hydrogens is 348 g/mol. The van der Waals surface area contributed by atoms with E-state index in [-0.39, 0.29) is 29.4 Å². The van der Waals surface area contributed by atoms with Gasteiger partial charge in [-0.3, -0.25) is 9.59 Å². The standard InChI is InChI=1S/C20H30N2O5/c1-5-13(6-2)19(25)21-15-9-10-17(27-12-18(23)24)16(11-15)22-20(26)14(7-3)8-4/h9-11,13-14H,5-8,12H2,1-4H3,(H,21,25)(H,22,26)(H,23,24). The lowest BCUT2D eigenvalue weighted by atomic mass is 10.0. The van der Waals surface area contributed by atoms with Crippen LogP contribution in [-0.4, -0.2) is 29.5 Å². The van der Waals surface area contributed by atoms with Gasteiger partial charge in [0.1, 0.15) is 5.75 Å². The average molecular weight is 378 g/mol. The molecule has 0 atom stereocenters. The van der Waals surface area contributed by atoms with Crippen molar-refractivity contribution in [2.24, 2.45) is 11.8 Å². The van der Waals surface area contributed by atoms with Crippen LogP contribution in [0, 0.1) is 11.8 Å². The molecule has 0 heterocycles. The minimum absolute atomic E-state index is 0.0866.